The number of esters is 1. The van der Waals surface area contributed by atoms with E-state index in [1.54, 1.807) is 31.4 Å². The maximum atomic E-state index is 12.8. The molecule has 3 aromatic carbocycles. The number of methoxy groups -OCH3 is 1. The van der Waals surface area contributed by atoms with E-state index in [1.807, 2.05) is 6.92 Å². The van der Waals surface area contributed by atoms with Crippen LogP contribution in [0.15, 0.2) is 72.8 Å². The molecule has 5 heteroatoms. The Hall–Kier alpha value is -3.44. The summed E-state index contributed by atoms with van der Waals surface area (Å²) in [6, 6.07) is 24.3. The molecular weight excluding hydrogens is 464 g/mol. The third kappa shape index (κ3) is 4.57. The van der Waals surface area contributed by atoms with Crippen LogP contribution < -0.4 is 4.74 Å². The Kier molecular flexibility index (Phi) is 7.16. The lowest BCUT2D eigenvalue weighted by molar-refractivity contribution is -0.123. The van der Waals surface area contributed by atoms with E-state index < -0.39 is 11.4 Å². The molecule has 0 radical (unpaired) electrons. The van der Waals surface area contributed by atoms with Crippen molar-refractivity contribution in [2.24, 2.45) is 5.41 Å². The summed E-state index contributed by atoms with van der Waals surface area (Å²) in [5.74, 6) is 0.633. The van der Waals surface area contributed by atoms with E-state index in [-0.39, 0.29) is 18.6 Å². The van der Waals surface area contributed by atoms with Gasteiger partial charge < -0.3 is 19.0 Å². The number of hydrogen-bond donors (Lipinski definition) is 0. The fourth-order valence-electron chi connectivity index (χ4n) is 6.25. The molecule has 37 heavy (non-hydrogen) atoms. The van der Waals surface area contributed by atoms with Gasteiger partial charge in [0.1, 0.15) is 18.6 Å². The molecule has 3 aliphatic rings. The van der Waals surface area contributed by atoms with Crippen molar-refractivity contribution < 1.29 is 23.8 Å². The van der Waals surface area contributed by atoms with Crippen molar-refractivity contribution in [3.63, 3.8) is 0 Å². The van der Waals surface area contributed by atoms with Gasteiger partial charge in [-0.2, -0.15) is 0 Å². The zero-order valence-electron chi connectivity index (χ0n) is 21.6. The van der Waals surface area contributed by atoms with Gasteiger partial charge in [-0.05, 0) is 79.1 Å². The Morgan fingerprint density at radius 3 is 2.22 bits per heavy atom. The van der Waals surface area contributed by atoms with Crippen LogP contribution in [0.4, 0.5) is 0 Å². The Morgan fingerprint density at radius 1 is 0.973 bits per heavy atom. The first kappa shape index (κ1) is 25.2. The number of aldehydes is 1. The Bertz CT molecular complexity index is 1220. The molecule has 0 saturated carbocycles. The van der Waals surface area contributed by atoms with Gasteiger partial charge in [0.2, 0.25) is 0 Å². The maximum absolute atomic E-state index is 12.8. The van der Waals surface area contributed by atoms with Crippen molar-refractivity contribution in [3.8, 4) is 5.75 Å². The lowest BCUT2D eigenvalue weighted by Gasteiger charge is -2.50. The van der Waals surface area contributed by atoms with Crippen molar-refractivity contribution in [3.05, 3.63) is 101 Å². The largest absolute Gasteiger partial charge is 0.497 e. The lowest BCUT2D eigenvalue weighted by Crippen LogP contribution is -2.43. The first-order valence-electron chi connectivity index (χ1n) is 13.1. The molecule has 6 rings (SSSR count). The quantitative estimate of drug-likeness (QED) is 0.237. The van der Waals surface area contributed by atoms with Crippen LogP contribution in [0.25, 0.3) is 0 Å². The zero-order valence-corrected chi connectivity index (χ0v) is 21.6. The first-order valence-corrected chi connectivity index (χ1v) is 13.1. The standard InChI is InChI=1S/C32H34O5/c1-3-36-21-31(20-33,22-37-30(34)23-12-14-24(35-2)15-13-23)18-19-32-17-16-25(26-8-4-6-10-28(26)32)27-9-5-7-11-29(27)32/h4-15,20,25H,3,16-19,21-22H2,1-2H3. The van der Waals surface area contributed by atoms with Crippen LogP contribution in [0.2, 0.25) is 0 Å². The summed E-state index contributed by atoms with van der Waals surface area (Å²) in [7, 11) is 1.58. The summed E-state index contributed by atoms with van der Waals surface area (Å²) in [6.45, 7) is 2.58. The molecule has 2 bridgehead atoms. The van der Waals surface area contributed by atoms with Gasteiger partial charge in [0.15, 0.2) is 0 Å². The molecule has 0 amide bonds. The zero-order chi connectivity index (χ0) is 25.9. The minimum Gasteiger partial charge on any atom is -0.497 e. The molecule has 1 unspecified atom stereocenters. The van der Waals surface area contributed by atoms with E-state index in [9.17, 15) is 9.59 Å². The monoisotopic (exact) mass is 498 g/mol. The Balaban J connectivity index is 1.41. The summed E-state index contributed by atoms with van der Waals surface area (Å²) in [6.07, 6.45) is 4.41. The number of hydrogen-bond acceptors (Lipinski definition) is 5. The molecule has 0 aromatic heterocycles. The van der Waals surface area contributed by atoms with Gasteiger partial charge in [0.05, 0.1) is 24.7 Å². The second-order valence-electron chi connectivity index (χ2n) is 10.3. The molecule has 0 saturated heterocycles. The van der Waals surface area contributed by atoms with E-state index in [2.05, 4.69) is 48.5 Å². The van der Waals surface area contributed by atoms with Crippen molar-refractivity contribution in [2.75, 3.05) is 26.9 Å². The number of rotatable bonds is 11. The first-order chi connectivity index (χ1) is 18.1. The summed E-state index contributed by atoms with van der Waals surface area (Å²) < 4.78 is 16.7. The van der Waals surface area contributed by atoms with Gasteiger partial charge in [-0.25, -0.2) is 4.79 Å². The second kappa shape index (κ2) is 10.5. The van der Waals surface area contributed by atoms with Gasteiger partial charge in [0, 0.05) is 17.9 Å². The molecule has 0 fully saturated rings. The molecule has 0 N–H and O–H groups in total. The van der Waals surface area contributed by atoms with Gasteiger partial charge in [0.25, 0.3) is 0 Å². The SMILES string of the molecule is CCOCC(C=O)(CCC12CCC(c3ccccc31)c1ccccc12)COC(=O)c1ccc(OC)cc1. The number of ether oxygens (including phenoxy) is 3. The molecule has 0 aliphatic heterocycles. The van der Waals surface area contributed by atoms with Crippen LogP contribution in [0.5, 0.6) is 5.75 Å². The summed E-state index contributed by atoms with van der Waals surface area (Å²) >= 11 is 0. The number of carbonyl (C=O) groups is 2. The van der Waals surface area contributed by atoms with Crippen molar-refractivity contribution in [1.82, 2.24) is 0 Å². The van der Waals surface area contributed by atoms with E-state index in [0.717, 1.165) is 25.5 Å². The number of benzene rings is 3. The van der Waals surface area contributed by atoms with E-state index in [4.69, 9.17) is 14.2 Å². The third-order valence-corrected chi connectivity index (χ3v) is 8.27. The molecule has 3 aliphatic carbocycles. The van der Waals surface area contributed by atoms with Gasteiger partial charge in [-0.3, -0.25) is 0 Å². The highest BCUT2D eigenvalue weighted by Crippen LogP contribution is 2.58. The minimum absolute atomic E-state index is 0.0244. The molecule has 5 nitrogen and oxygen atoms in total. The Labute approximate surface area is 218 Å². The topological polar surface area (TPSA) is 61.8 Å². The van der Waals surface area contributed by atoms with Crippen LogP contribution in [0.1, 0.15) is 71.1 Å². The van der Waals surface area contributed by atoms with E-state index in [0.29, 0.717) is 30.3 Å². The minimum atomic E-state index is -0.926. The maximum Gasteiger partial charge on any atom is 0.338 e. The average molecular weight is 499 g/mol. The highest BCUT2D eigenvalue weighted by Gasteiger charge is 2.49. The van der Waals surface area contributed by atoms with Crippen LogP contribution in [-0.2, 0) is 19.7 Å². The fraction of sp³-hybridized carbons (Fsp3) is 0.375. The summed E-state index contributed by atoms with van der Waals surface area (Å²) in [4.78, 5) is 25.5. The van der Waals surface area contributed by atoms with Crippen LogP contribution in [-0.4, -0.2) is 39.2 Å². The molecular formula is C32H34O5. The van der Waals surface area contributed by atoms with Crippen molar-refractivity contribution in [2.45, 2.75) is 43.9 Å². The third-order valence-electron chi connectivity index (χ3n) is 8.27. The highest BCUT2D eigenvalue weighted by molar-refractivity contribution is 5.89. The molecule has 3 aromatic rings. The fourth-order valence-corrected chi connectivity index (χ4v) is 6.25. The second-order valence-corrected chi connectivity index (χ2v) is 10.3. The van der Waals surface area contributed by atoms with Gasteiger partial charge >= 0.3 is 5.97 Å². The van der Waals surface area contributed by atoms with Crippen LogP contribution in [0, 0.1) is 5.41 Å². The van der Waals surface area contributed by atoms with Crippen molar-refractivity contribution in [1.29, 1.82) is 0 Å². The van der Waals surface area contributed by atoms with Gasteiger partial charge in [-0.15, -0.1) is 0 Å². The van der Waals surface area contributed by atoms with Crippen molar-refractivity contribution >= 4 is 12.3 Å². The van der Waals surface area contributed by atoms with Crippen LogP contribution >= 0.6 is 0 Å². The number of carbonyl (C=O) groups excluding carboxylic acids is 2. The predicted octanol–water partition coefficient (Wildman–Crippen LogP) is 6.08. The smallest absolute Gasteiger partial charge is 0.338 e. The van der Waals surface area contributed by atoms with Crippen LogP contribution in [0.3, 0.4) is 0 Å². The van der Waals surface area contributed by atoms with E-state index >= 15 is 0 Å². The molecule has 1 atom stereocenters. The Morgan fingerprint density at radius 2 is 1.62 bits per heavy atom. The summed E-state index contributed by atoms with van der Waals surface area (Å²) in [5, 5.41) is 0. The normalized spacial score (nSPS) is 20.9. The number of fused-ring (bicyclic) bond motifs is 1. The highest BCUT2D eigenvalue weighted by atomic mass is 16.5. The van der Waals surface area contributed by atoms with E-state index in [1.165, 1.54) is 22.3 Å². The average Bonchev–Trinajstić information content (AvgIpc) is 2.97. The summed E-state index contributed by atoms with van der Waals surface area (Å²) in [5.41, 5.74) is 4.88. The molecule has 192 valence electrons. The predicted molar refractivity (Wildman–Crippen MR) is 142 cm³/mol. The molecule has 0 heterocycles. The molecule has 0 spiro atoms. The van der Waals surface area contributed by atoms with Gasteiger partial charge in [-0.1, -0.05) is 48.5 Å². The lowest BCUT2D eigenvalue weighted by atomic mass is 9.53.